The number of carbonyl (C=O) groups is 1. The van der Waals surface area contributed by atoms with E-state index in [0.717, 1.165) is 36.3 Å². The highest BCUT2D eigenvalue weighted by molar-refractivity contribution is 5.68. The van der Waals surface area contributed by atoms with Crippen molar-refractivity contribution in [2.24, 2.45) is 0 Å². The summed E-state index contributed by atoms with van der Waals surface area (Å²) >= 11 is 0. The van der Waals surface area contributed by atoms with E-state index < -0.39 is 0 Å². The number of cyclic esters (lactones) is 1. The maximum atomic E-state index is 11.4. The van der Waals surface area contributed by atoms with Crippen LogP contribution in [0.5, 0.6) is 11.5 Å². The summed E-state index contributed by atoms with van der Waals surface area (Å²) < 4.78 is 17.0. The third-order valence-electron chi connectivity index (χ3n) is 4.50. The van der Waals surface area contributed by atoms with E-state index in [0.29, 0.717) is 6.54 Å². The standard InChI is InChI=1S/C17H23NO4/c1-17(8-3-4-9-17)22-15-11-12(5-6-14(15)20-2)13-7-10-18-16(19)21-13/h5-6,11,13H,3-4,7-10H2,1-2H3,(H,18,19). The zero-order valence-corrected chi connectivity index (χ0v) is 13.2. The number of benzene rings is 1. The minimum atomic E-state index is -0.364. The van der Waals surface area contributed by atoms with E-state index in [1.54, 1.807) is 7.11 Å². The Kier molecular flexibility index (Phi) is 4.14. The van der Waals surface area contributed by atoms with Crippen molar-refractivity contribution in [1.82, 2.24) is 5.32 Å². The number of rotatable bonds is 4. The summed E-state index contributed by atoms with van der Waals surface area (Å²) in [5, 5.41) is 2.67. The summed E-state index contributed by atoms with van der Waals surface area (Å²) in [6.07, 6.45) is 4.69. The number of carbonyl (C=O) groups excluding carboxylic acids is 1. The summed E-state index contributed by atoms with van der Waals surface area (Å²) in [5.41, 5.74) is 0.823. The molecule has 1 aromatic carbocycles. The van der Waals surface area contributed by atoms with Gasteiger partial charge in [0.25, 0.3) is 0 Å². The smallest absolute Gasteiger partial charge is 0.407 e. The Bertz CT molecular complexity index is 552. The van der Waals surface area contributed by atoms with Crippen molar-refractivity contribution >= 4 is 6.09 Å². The molecule has 1 unspecified atom stereocenters. The van der Waals surface area contributed by atoms with Crippen LogP contribution in [0.3, 0.4) is 0 Å². The molecule has 2 fully saturated rings. The first kappa shape index (κ1) is 15.0. The molecule has 1 heterocycles. The van der Waals surface area contributed by atoms with Crippen LogP contribution >= 0.6 is 0 Å². The van der Waals surface area contributed by atoms with Crippen molar-refractivity contribution in [2.75, 3.05) is 13.7 Å². The van der Waals surface area contributed by atoms with Gasteiger partial charge in [-0.3, -0.25) is 0 Å². The SMILES string of the molecule is COc1ccc(C2CCNC(=O)O2)cc1OC1(C)CCCC1. The Balaban J connectivity index is 1.84. The lowest BCUT2D eigenvalue weighted by Gasteiger charge is -2.28. The molecule has 1 aromatic rings. The van der Waals surface area contributed by atoms with Crippen LogP contribution < -0.4 is 14.8 Å². The predicted molar refractivity (Wildman–Crippen MR) is 82.3 cm³/mol. The molecule has 1 saturated carbocycles. The number of hydrogen-bond donors (Lipinski definition) is 1. The van der Waals surface area contributed by atoms with Gasteiger partial charge in [0.1, 0.15) is 11.7 Å². The zero-order chi connectivity index (χ0) is 15.6. The molecule has 1 saturated heterocycles. The normalized spacial score (nSPS) is 23.5. The third kappa shape index (κ3) is 3.13. The Morgan fingerprint density at radius 2 is 2.05 bits per heavy atom. The Morgan fingerprint density at radius 1 is 1.27 bits per heavy atom. The van der Waals surface area contributed by atoms with E-state index in [2.05, 4.69) is 12.2 Å². The van der Waals surface area contributed by atoms with Crippen molar-refractivity contribution in [2.45, 2.75) is 50.7 Å². The van der Waals surface area contributed by atoms with Crippen LogP contribution in [-0.4, -0.2) is 25.3 Å². The highest BCUT2D eigenvalue weighted by atomic mass is 16.6. The minimum absolute atomic E-state index is 0.128. The summed E-state index contributed by atoms with van der Waals surface area (Å²) in [7, 11) is 1.64. The molecule has 1 aliphatic heterocycles. The largest absolute Gasteiger partial charge is 0.493 e. The Hall–Kier alpha value is -1.91. The van der Waals surface area contributed by atoms with Crippen LogP contribution in [0.2, 0.25) is 0 Å². The first-order valence-corrected chi connectivity index (χ1v) is 7.91. The number of alkyl carbamates (subject to hydrolysis) is 1. The molecule has 2 aliphatic rings. The molecule has 5 heteroatoms. The van der Waals surface area contributed by atoms with E-state index in [9.17, 15) is 4.79 Å². The number of methoxy groups -OCH3 is 1. The van der Waals surface area contributed by atoms with Crippen molar-refractivity contribution in [3.63, 3.8) is 0 Å². The summed E-state index contributed by atoms with van der Waals surface area (Å²) in [6, 6.07) is 5.77. The van der Waals surface area contributed by atoms with Gasteiger partial charge in [-0.25, -0.2) is 4.79 Å². The molecule has 1 amide bonds. The average Bonchev–Trinajstić information content (AvgIpc) is 2.93. The second kappa shape index (κ2) is 6.07. The molecule has 5 nitrogen and oxygen atoms in total. The molecular weight excluding hydrogens is 282 g/mol. The van der Waals surface area contributed by atoms with Crippen LogP contribution in [0.15, 0.2) is 18.2 Å². The predicted octanol–water partition coefficient (Wildman–Crippen LogP) is 3.58. The lowest BCUT2D eigenvalue weighted by atomic mass is 10.0. The molecule has 22 heavy (non-hydrogen) atoms. The molecule has 1 atom stereocenters. The molecule has 120 valence electrons. The van der Waals surface area contributed by atoms with Gasteiger partial charge in [-0.2, -0.15) is 0 Å². The summed E-state index contributed by atoms with van der Waals surface area (Å²) in [5.74, 6) is 1.45. The molecule has 1 aliphatic carbocycles. The van der Waals surface area contributed by atoms with Crippen LogP contribution in [0, 0.1) is 0 Å². The fourth-order valence-corrected chi connectivity index (χ4v) is 3.23. The fraction of sp³-hybridized carbons (Fsp3) is 0.588. The lowest BCUT2D eigenvalue weighted by Crippen LogP contribution is -2.34. The van der Waals surface area contributed by atoms with Gasteiger partial charge in [-0.1, -0.05) is 6.07 Å². The summed E-state index contributed by atoms with van der Waals surface area (Å²) in [4.78, 5) is 11.4. The first-order valence-electron chi connectivity index (χ1n) is 7.91. The number of nitrogens with one attached hydrogen (secondary N) is 1. The number of ether oxygens (including phenoxy) is 3. The van der Waals surface area contributed by atoms with E-state index >= 15 is 0 Å². The quantitative estimate of drug-likeness (QED) is 0.924. The van der Waals surface area contributed by atoms with E-state index in [1.165, 1.54) is 12.8 Å². The van der Waals surface area contributed by atoms with Gasteiger partial charge >= 0.3 is 6.09 Å². The molecule has 1 N–H and O–H groups in total. The minimum Gasteiger partial charge on any atom is -0.493 e. The van der Waals surface area contributed by atoms with Crippen LogP contribution in [-0.2, 0) is 4.74 Å². The van der Waals surface area contributed by atoms with Crippen molar-refractivity contribution in [3.05, 3.63) is 23.8 Å². The number of hydrogen-bond acceptors (Lipinski definition) is 4. The van der Waals surface area contributed by atoms with E-state index in [1.807, 2.05) is 18.2 Å². The fourth-order valence-electron chi connectivity index (χ4n) is 3.23. The zero-order valence-electron chi connectivity index (χ0n) is 13.2. The van der Waals surface area contributed by atoms with Crippen LogP contribution in [0.4, 0.5) is 4.79 Å². The lowest BCUT2D eigenvalue weighted by molar-refractivity contribution is 0.0719. The van der Waals surface area contributed by atoms with Gasteiger partial charge < -0.3 is 19.5 Å². The highest BCUT2D eigenvalue weighted by Crippen LogP contribution is 2.39. The number of amides is 1. The van der Waals surface area contributed by atoms with E-state index in [4.69, 9.17) is 14.2 Å². The second-order valence-corrected chi connectivity index (χ2v) is 6.28. The molecular formula is C17H23NO4. The molecule has 0 aromatic heterocycles. The van der Waals surface area contributed by atoms with Crippen molar-refractivity contribution < 1.29 is 19.0 Å². The van der Waals surface area contributed by atoms with Gasteiger partial charge in [0.05, 0.1) is 7.11 Å². The molecule has 0 radical (unpaired) electrons. The first-order chi connectivity index (χ1) is 10.6. The van der Waals surface area contributed by atoms with Crippen LogP contribution in [0.25, 0.3) is 0 Å². The third-order valence-corrected chi connectivity index (χ3v) is 4.50. The Morgan fingerprint density at radius 3 is 2.73 bits per heavy atom. The van der Waals surface area contributed by atoms with Crippen molar-refractivity contribution in [3.8, 4) is 11.5 Å². The highest BCUT2D eigenvalue weighted by Gasteiger charge is 2.32. The molecule has 0 spiro atoms. The van der Waals surface area contributed by atoms with Gasteiger partial charge in [-0.15, -0.1) is 0 Å². The maximum absolute atomic E-state index is 11.4. The Labute approximate surface area is 130 Å². The monoisotopic (exact) mass is 305 g/mol. The molecule has 3 rings (SSSR count). The second-order valence-electron chi connectivity index (χ2n) is 6.28. The van der Waals surface area contributed by atoms with Crippen LogP contribution in [0.1, 0.15) is 50.7 Å². The van der Waals surface area contributed by atoms with Gasteiger partial charge in [0, 0.05) is 13.0 Å². The average molecular weight is 305 g/mol. The van der Waals surface area contributed by atoms with Gasteiger partial charge in [0.15, 0.2) is 11.5 Å². The maximum Gasteiger partial charge on any atom is 0.407 e. The van der Waals surface area contributed by atoms with E-state index in [-0.39, 0.29) is 17.8 Å². The van der Waals surface area contributed by atoms with Crippen molar-refractivity contribution in [1.29, 1.82) is 0 Å². The van der Waals surface area contributed by atoms with Gasteiger partial charge in [0.2, 0.25) is 0 Å². The topological polar surface area (TPSA) is 56.8 Å². The molecule has 0 bridgehead atoms. The van der Waals surface area contributed by atoms with Gasteiger partial charge in [-0.05, 0) is 50.3 Å². The summed E-state index contributed by atoms with van der Waals surface area (Å²) in [6.45, 7) is 2.78.